The third-order valence-corrected chi connectivity index (χ3v) is 2.48. The Labute approximate surface area is 87.7 Å². The molecule has 0 unspecified atom stereocenters. The third-order valence-electron chi connectivity index (χ3n) is 2.48. The van der Waals surface area contributed by atoms with Crippen LogP contribution in [0, 0.1) is 0 Å². The molecule has 15 heavy (non-hydrogen) atoms. The van der Waals surface area contributed by atoms with Gasteiger partial charge >= 0.3 is 5.63 Å². The van der Waals surface area contributed by atoms with Gasteiger partial charge in [0.15, 0.2) is 0 Å². The van der Waals surface area contributed by atoms with Crippen molar-refractivity contribution in [3.05, 3.63) is 40.2 Å². The summed E-state index contributed by atoms with van der Waals surface area (Å²) in [6, 6.07) is 7.63. The molecule has 0 aliphatic heterocycles. The van der Waals surface area contributed by atoms with Gasteiger partial charge < -0.3 is 9.73 Å². The molecule has 0 saturated heterocycles. The predicted molar refractivity (Wildman–Crippen MR) is 61.4 cm³/mol. The predicted octanol–water partition coefficient (Wildman–Crippen LogP) is 2.40. The Morgan fingerprint density at radius 1 is 1.33 bits per heavy atom. The quantitative estimate of drug-likeness (QED) is 0.762. The van der Waals surface area contributed by atoms with Crippen molar-refractivity contribution in [2.45, 2.75) is 13.3 Å². The zero-order valence-electron chi connectivity index (χ0n) is 8.83. The highest BCUT2D eigenvalue weighted by molar-refractivity contribution is 5.80. The summed E-state index contributed by atoms with van der Waals surface area (Å²) in [6.07, 6.45) is 0.700. The summed E-state index contributed by atoms with van der Waals surface area (Å²) in [4.78, 5) is 11.5. The van der Waals surface area contributed by atoms with E-state index in [1.165, 1.54) is 0 Å². The van der Waals surface area contributed by atoms with Gasteiger partial charge in [0.2, 0.25) is 0 Å². The van der Waals surface area contributed by atoms with Gasteiger partial charge in [-0.2, -0.15) is 0 Å². The van der Waals surface area contributed by atoms with E-state index in [9.17, 15) is 4.79 Å². The number of aryl methyl sites for hydroxylation is 1. The van der Waals surface area contributed by atoms with Crippen molar-refractivity contribution in [2.24, 2.45) is 0 Å². The van der Waals surface area contributed by atoms with E-state index in [0.717, 1.165) is 16.6 Å². The Hall–Kier alpha value is -1.77. The second kappa shape index (κ2) is 3.77. The SMILES string of the molecule is CCc1cc2ccc(NC)cc2oc1=O. The normalized spacial score (nSPS) is 10.5. The average molecular weight is 203 g/mol. The molecule has 1 aromatic carbocycles. The average Bonchev–Trinajstić information content (AvgIpc) is 2.27. The molecule has 1 aromatic heterocycles. The van der Waals surface area contributed by atoms with Crippen LogP contribution in [-0.4, -0.2) is 7.05 Å². The van der Waals surface area contributed by atoms with Gasteiger partial charge in [-0.1, -0.05) is 6.92 Å². The zero-order valence-corrected chi connectivity index (χ0v) is 8.83. The van der Waals surface area contributed by atoms with Crippen LogP contribution in [0.3, 0.4) is 0 Å². The molecule has 0 radical (unpaired) electrons. The Morgan fingerprint density at radius 3 is 2.80 bits per heavy atom. The summed E-state index contributed by atoms with van der Waals surface area (Å²) in [5.41, 5.74) is 2.05. The van der Waals surface area contributed by atoms with Crippen LogP contribution >= 0.6 is 0 Å². The van der Waals surface area contributed by atoms with E-state index in [4.69, 9.17) is 4.42 Å². The van der Waals surface area contributed by atoms with Gasteiger partial charge in [0.1, 0.15) is 5.58 Å². The summed E-state index contributed by atoms with van der Waals surface area (Å²) in [5, 5.41) is 3.97. The van der Waals surface area contributed by atoms with Gasteiger partial charge in [0.25, 0.3) is 0 Å². The molecule has 3 nitrogen and oxygen atoms in total. The second-order valence-electron chi connectivity index (χ2n) is 3.42. The molecule has 0 aliphatic rings. The van der Waals surface area contributed by atoms with Gasteiger partial charge in [0.05, 0.1) is 0 Å². The lowest BCUT2D eigenvalue weighted by atomic mass is 10.1. The Bertz CT molecular complexity index is 543. The maximum absolute atomic E-state index is 11.5. The lowest BCUT2D eigenvalue weighted by molar-refractivity contribution is 0.551. The first kappa shape index (κ1) is 9.77. The van der Waals surface area contributed by atoms with Crippen molar-refractivity contribution in [3.63, 3.8) is 0 Å². The third kappa shape index (κ3) is 1.73. The molecule has 3 heteroatoms. The van der Waals surface area contributed by atoms with Crippen LogP contribution in [0.2, 0.25) is 0 Å². The first-order chi connectivity index (χ1) is 7.24. The molecule has 78 valence electrons. The minimum absolute atomic E-state index is 0.238. The van der Waals surface area contributed by atoms with E-state index < -0.39 is 0 Å². The highest BCUT2D eigenvalue weighted by Gasteiger charge is 2.03. The van der Waals surface area contributed by atoms with Crippen LogP contribution < -0.4 is 10.9 Å². The van der Waals surface area contributed by atoms with Crippen molar-refractivity contribution in [2.75, 3.05) is 12.4 Å². The van der Waals surface area contributed by atoms with E-state index >= 15 is 0 Å². The first-order valence-electron chi connectivity index (χ1n) is 4.99. The molecule has 1 heterocycles. The standard InChI is InChI=1S/C12H13NO2/c1-3-8-6-9-4-5-10(13-2)7-11(9)15-12(8)14/h4-7,13H,3H2,1-2H3. The maximum atomic E-state index is 11.5. The van der Waals surface area contributed by atoms with Crippen LogP contribution in [0.1, 0.15) is 12.5 Å². The smallest absolute Gasteiger partial charge is 0.339 e. The minimum Gasteiger partial charge on any atom is -0.422 e. The van der Waals surface area contributed by atoms with Crippen molar-refractivity contribution < 1.29 is 4.42 Å². The number of rotatable bonds is 2. The topological polar surface area (TPSA) is 42.2 Å². The van der Waals surface area contributed by atoms with E-state index in [2.05, 4.69) is 5.32 Å². The van der Waals surface area contributed by atoms with Crippen LogP contribution in [-0.2, 0) is 6.42 Å². The minimum atomic E-state index is -0.238. The van der Waals surface area contributed by atoms with Gasteiger partial charge in [-0.3, -0.25) is 0 Å². The number of fused-ring (bicyclic) bond motifs is 1. The summed E-state index contributed by atoms with van der Waals surface area (Å²) in [5.74, 6) is 0. The molecular formula is C12H13NO2. The molecule has 0 spiro atoms. The molecule has 0 atom stereocenters. The summed E-state index contributed by atoms with van der Waals surface area (Å²) < 4.78 is 5.23. The van der Waals surface area contributed by atoms with Crippen molar-refractivity contribution in [3.8, 4) is 0 Å². The van der Waals surface area contributed by atoms with Crippen LogP contribution in [0.15, 0.2) is 33.5 Å². The van der Waals surface area contributed by atoms with Crippen molar-refractivity contribution in [1.29, 1.82) is 0 Å². The molecule has 0 aliphatic carbocycles. The number of anilines is 1. The fourth-order valence-corrected chi connectivity index (χ4v) is 1.56. The Kier molecular flexibility index (Phi) is 2.46. The van der Waals surface area contributed by atoms with E-state index in [1.807, 2.05) is 38.2 Å². The number of hydrogen-bond acceptors (Lipinski definition) is 3. The van der Waals surface area contributed by atoms with Gasteiger partial charge in [-0.15, -0.1) is 0 Å². The number of nitrogens with one attached hydrogen (secondary N) is 1. The van der Waals surface area contributed by atoms with Crippen LogP contribution in [0.5, 0.6) is 0 Å². The summed E-state index contributed by atoms with van der Waals surface area (Å²) >= 11 is 0. The fraction of sp³-hybridized carbons (Fsp3) is 0.250. The first-order valence-corrected chi connectivity index (χ1v) is 4.99. The molecule has 0 fully saturated rings. The van der Waals surface area contributed by atoms with Gasteiger partial charge in [-0.05, 0) is 24.6 Å². The summed E-state index contributed by atoms with van der Waals surface area (Å²) in [6.45, 7) is 1.94. The molecular weight excluding hydrogens is 190 g/mol. The van der Waals surface area contributed by atoms with Crippen LogP contribution in [0.25, 0.3) is 11.0 Å². The van der Waals surface area contributed by atoms with Gasteiger partial charge in [-0.25, -0.2) is 4.79 Å². The molecule has 2 aromatic rings. The van der Waals surface area contributed by atoms with Crippen molar-refractivity contribution in [1.82, 2.24) is 0 Å². The zero-order chi connectivity index (χ0) is 10.8. The highest BCUT2D eigenvalue weighted by atomic mass is 16.4. The lowest BCUT2D eigenvalue weighted by Gasteiger charge is -2.02. The summed E-state index contributed by atoms with van der Waals surface area (Å²) in [7, 11) is 1.83. The fourth-order valence-electron chi connectivity index (χ4n) is 1.56. The monoisotopic (exact) mass is 203 g/mol. The van der Waals surface area contributed by atoms with E-state index in [0.29, 0.717) is 12.0 Å². The maximum Gasteiger partial charge on any atom is 0.339 e. The second-order valence-corrected chi connectivity index (χ2v) is 3.42. The highest BCUT2D eigenvalue weighted by Crippen LogP contribution is 2.18. The number of hydrogen-bond donors (Lipinski definition) is 1. The molecule has 0 bridgehead atoms. The molecule has 2 rings (SSSR count). The molecule has 0 saturated carbocycles. The number of benzene rings is 1. The lowest BCUT2D eigenvalue weighted by Crippen LogP contribution is -2.05. The van der Waals surface area contributed by atoms with E-state index in [-0.39, 0.29) is 5.63 Å². The molecule has 0 amide bonds. The largest absolute Gasteiger partial charge is 0.422 e. The molecule has 1 N–H and O–H groups in total. The Balaban J connectivity index is 2.70. The Morgan fingerprint density at radius 2 is 2.13 bits per heavy atom. The van der Waals surface area contributed by atoms with Crippen molar-refractivity contribution >= 4 is 16.7 Å². The van der Waals surface area contributed by atoms with Gasteiger partial charge in [0, 0.05) is 29.8 Å². The van der Waals surface area contributed by atoms with E-state index in [1.54, 1.807) is 0 Å². The van der Waals surface area contributed by atoms with Crippen LogP contribution in [0.4, 0.5) is 5.69 Å².